The van der Waals surface area contributed by atoms with Crippen molar-refractivity contribution >= 4 is 0 Å². The van der Waals surface area contributed by atoms with Gasteiger partial charge in [-0.05, 0) is 43.1 Å². The predicted octanol–water partition coefficient (Wildman–Crippen LogP) is 3.75. The van der Waals surface area contributed by atoms with Crippen LogP contribution in [0.15, 0.2) is 36.4 Å². The maximum absolute atomic E-state index is 13.6. The molecule has 110 valence electrons. The van der Waals surface area contributed by atoms with E-state index in [1.165, 1.54) is 17.7 Å². The molecule has 1 aliphatic carbocycles. The number of ether oxygens (including phenoxy) is 1. The molecule has 0 radical (unpaired) electrons. The van der Waals surface area contributed by atoms with E-state index >= 15 is 0 Å². The summed E-state index contributed by atoms with van der Waals surface area (Å²) in [5.74, 6) is -0.920. The van der Waals surface area contributed by atoms with Crippen molar-refractivity contribution in [1.82, 2.24) is 5.32 Å². The van der Waals surface area contributed by atoms with Crippen LogP contribution in [0.1, 0.15) is 29.2 Å². The summed E-state index contributed by atoms with van der Waals surface area (Å²) in [5, 5.41) is 3.27. The lowest BCUT2D eigenvalue weighted by Gasteiger charge is -2.13. The van der Waals surface area contributed by atoms with Gasteiger partial charge in [-0.25, -0.2) is 8.78 Å². The van der Waals surface area contributed by atoms with E-state index in [0.29, 0.717) is 6.04 Å². The Hall–Kier alpha value is -1.94. The zero-order valence-corrected chi connectivity index (χ0v) is 11.8. The highest BCUT2D eigenvalue weighted by Gasteiger charge is 2.23. The Morgan fingerprint density at radius 3 is 2.81 bits per heavy atom. The molecule has 1 N–H and O–H groups in total. The Balaban J connectivity index is 1.81. The van der Waals surface area contributed by atoms with Crippen LogP contribution in [0.4, 0.5) is 8.78 Å². The highest BCUT2D eigenvalue weighted by Crippen LogP contribution is 2.37. The van der Waals surface area contributed by atoms with E-state index in [1.54, 1.807) is 0 Å². The Morgan fingerprint density at radius 2 is 2.00 bits per heavy atom. The second-order valence-electron chi connectivity index (χ2n) is 5.21. The van der Waals surface area contributed by atoms with Gasteiger partial charge in [0.25, 0.3) is 0 Å². The minimum atomic E-state index is -0.843. The molecule has 2 nitrogen and oxygen atoms in total. The molecule has 0 heterocycles. The van der Waals surface area contributed by atoms with Crippen LogP contribution in [-0.4, -0.2) is 7.05 Å². The highest BCUT2D eigenvalue weighted by atomic mass is 19.2. The first-order valence-corrected chi connectivity index (χ1v) is 7.05. The third kappa shape index (κ3) is 2.63. The minimum absolute atomic E-state index is 0.0320. The van der Waals surface area contributed by atoms with E-state index in [-0.39, 0.29) is 12.2 Å². The van der Waals surface area contributed by atoms with Gasteiger partial charge in [-0.1, -0.05) is 24.3 Å². The van der Waals surface area contributed by atoms with Crippen molar-refractivity contribution in [2.45, 2.75) is 25.5 Å². The van der Waals surface area contributed by atoms with Crippen LogP contribution in [0, 0.1) is 11.6 Å². The molecule has 2 aromatic carbocycles. The molecule has 0 aliphatic heterocycles. The lowest BCUT2D eigenvalue weighted by atomic mass is 10.1. The van der Waals surface area contributed by atoms with Gasteiger partial charge in [0.1, 0.15) is 12.4 Å². The van der Waals surface area contributed by atoms with Gasteiger partial charge in [0.2, 0.25) is 0 Å². The first-order chi connectivity index (χ1) is 10.2. The zero-order valence-electron chi connectivity index (χ0n) is 11.8. The van der Waals surface area contributed by atoms with E-state index in [1.807, 2.05) is 19.2 Å². The number of benzene rings is 2. The van der Waals surface area contributed by atoms with Gasteiger partial charge in [0.05, 0.1) is 0 Å². The van der Waals surface area contributed by atoms with Crippen molar-refractivity contribution < 1.29 is 13.5 Å². The quantitative estimate of drug-likeness (QED) is 0.925. The fourth-order valence-corrected chi connectivity index (χ4v) is 2.87. The lowest BCUT2D eigenvalue weighted by molar-refractivity contribution is 0.294. The van der Waals surface area contributed by atoms with Gasteiger partial charge in [-0.15, -0.1) is 0 Å². The maximum atomic E-state index is 13.6. The van der Waals surface area contributed by atoms with Crippen LogP contribution in [0.2, 0.25) is 0 Å². The standard InChI is InChI=1S/C17H17F2NO/c1-20-15-9-8-13-12(15)5-3-7-16(13)21-10-11-4-2-6-14(18)17(11)19/h2-7,15,20H,8-10H2,1H3. The van der Waals surface area contributed by atoms with Gasteiger partial charge in [0, 0.05) is 11.6 Å². The number of hydrogen-bond donors (Lipinski definition) is 1. The number of fused-ring (bicyclic) bond motifs is 1. The smallest absolute Gasteiger partial charge is 0.165 e. The fraction of sp³-hybridized carbons (Fsp3) is 0.294. The van der Waals surface area contributed by atoms with Crippen LogP contribution < -0.4 is 10.1 Å². The number of halogens is 2. The van der Waals surface area contributed by atoms with E-state index in [2.05, 4.69) is 11.4 Å². The summed E-state index contributed by atoms with van der Waals surface area (Å²) < 4.78 is 32.5. The largest absolute Gasteiger partial charge is 0.489 e. The van der Waals surface area contributed by atoms with Gasteiger partial charge < -0.3 is 10.1 Å². The molecule has 0 spiro atoms. The van der Waals surface area contributed by atoms with Crippen molar-refractivity contribution in [1.29, 1.82) is 0 Å². The number of hydrogen-bond acceptors (Lipinski definition) is 2. The van der Waals surface area contributed by atoms with Crippen LogP contribution in [0.3, 0.4) is 0 Å². The minimum Gasteiger partial charge on any atom is -0.489 e. The molecular weight excluding hydrogens is 272 g/mol. The second-order valence-corrected chi connectivity index (χ2v) is 5.21. The molecule has 0 aromatic heterocycles. The van der Waals surface area contributed by atoms with Crippen molar-refractivity contribution in [3.63, 3.8) is 0 Å². The van der Waals surface area contributed by atoms with Gasteiger partial charge in [0.15, 0.2) is 11.6 Å². The van der Waals surface area contributed by atoms with E-state index in [9.17, 15) is 8.78 Å². The molecule has 1 atom stereocenters. The first-order valence-electron chi connectivity index (χ1n) is 7.05. The fourth-order valence-electron chi connectivity index (χ4n) is 2.87. The van der Waals surface area contributed by atoms with Crippen molar-refractivity contribution in [3.05, 3.63) is 64.7 Å². The van der Waals surface area contributed by atoms with E-state index in [4.69, 9.17) is 4.74 Å². The molecule has 4 heteroatoms. The highest BCUT2D eigenvalue weighted by molar-refractivity contribution is 5.45. The summed E-state index contributed by atoms with van der Waals surface area (Å²) in [7, 11) is 1.94. The average molecular weight is 289 g/mol. The molecule has 0 amide bonds. The lowest BCUT2D eigenvalue weighted by Crippen LogP contribution is -2.12. The molecule has 2 aromatic rings. The maximum Gasteiger partial charge on any atom is 0.165 e. The van der Waals surface area contributed by atoms with Gasteiger partial charge in [-0.2, -0.15) is 0 Å². The van der Waals surface area contributed by atoms with Gasteiger partial charge >= 0.3 is 0 Å². The van der Waals surface area contributed by atoms with Crippen LogP contribution in [-0.2, 0) is 13.0 Å². The summed E-state index contributed by atoms with van der Waals surface area (Å²) in [5.41, 5.74) is 2.62. The molecule has 1 aliphatic rings. The van der Waals surface area contributed by atoms with Crippen molar-refractivity contribution in [2.75, 3.05) is 7.05 Å². The van der Waals surface area contributed by atoms with Crippen LogP contribution in [0.5, 0.6) is 5.75 Å². The van der Waals surface area contributed by atoms with Crippen LogP contribution in [0.25, 0.3) is 0 Å². The van der Waals surface area contributed by atoms with Crippen LogP contribution >= 0.6 is 0 Å². The summed E-state index contributed by atoms with van der Waals surface area (Å²) in [6.07, 6.45) is 1.96. The number of nitrogens with one attached hydrogen (secondary N) is 1. The molecular formula is C17H17F2NO. The van der Waals surface area contributed by atoms with E-state index in [0.717, 1.165) is 30.2 Å². The monoisotopic (exact) mass is 289 g/mol. The molecule has 0 fully saturated rings. The van der Waals surface area contributed by atoms with Gasteiger partial charge in [-0.3, -0.25) is 0 Å². The second kappa shape index (κ2) is 5.82. The van der Waals surface area contributed by atoms with Crippen molar-refractivity contribution in [2.24, 2.45) is 0 Å². The zero-order chi connectivity index (χ0) is 14.8. The Kier molecular flexibility index (Phi) is 3.88. The Bertz CT molecular complexity index is 657. The molecule has 3 rings (SSSR count). The third-order valence-electron chi connectivity index (χ3n) is 3.99. The average Bonchev–Trinajstić information content (AvgIpc) is 2.92. The topological polar surface area (TPSA) is 21.3 Å². The summed E-state index contributed by atoms with van der Waals surface area (Å²) >= 11 is 0. The SMILES string of the molecule is CNC1CCc2c(OCc3cccc(F)c3F)cccc21. The first kappa shape index (κ1) is 14.0. The predicted molar refractivity (Wildman–Crippen MR) is 77.3 cm³/mol. The Morgan fingerprint density at radius 1 is 1.19 bits per heavy atom. The summed E-state index contributed by atoms with van der Waals surface area (Å²) in [4.78, 5) is 0. The molecule has 1 unspecified atom stereocenters. The number of rotatable bonds is 4. The molecule has 0 saturated carbocycles. The van der Waals surface area contributed by atoms with Crippen molar-refractivity contribution in [3.8, 4) is 5.75 Å². The molecule has 0 bridgehead atoms. The normalized spacial score (nSPS) is 16.8. The third-order valence-corrected chi connectivity index (χ3v) is 3.99. The van der Waals surface area contributed by atoms with E-state index < -0.39 is 11.6 Å². The summed E-state index contributed by atoms with van der Waals surface area (Å²) in [6, 6.07) is 10.4. The molecule has 0 saturated heterocycles. The summed E-state index contributed by atoms with van der Waals surface area (Å²) in [6.45, 7) is 0.0320. The Labute approximate surface area is 122 Å². The molecule has 21 heavy (non-hydrogen) atoms.